The Morgan fingerprint density at radius 2 is 2.27 bits per heavy atom. The molecule has 0 spiro atoms. The van der Waals surface area contributed by atoms with E-state index in [2.05, 4.69) is 35.9 Å². The van der Waals surface area contributed by atoms with Crippen LogP contribution in [0.25, 0.3) is 6.08 Å². The zero-order valence-corrected chi connectivity index (χ0v) is 11.1. The first-order chi connectivity index (χ1) is 7.09. The van der Waals surface area contributed by atoms with Gasteiger partial charge in [0.2, 0.25) is 0 Å². The fourth-order valence-corrected chi connectivity index (χ4v) is 2.76. The molecule has 1 nitrogen and oxygen atoms in total. The lowest BCUT2D eigenvalue weighted by Crippen LogP contribution is -1.87. The van der Waals surface area contributed by atoms with E-state index < -0.39 is 0 Å². The van der Waals surface area contributed by atoms with Crippen molar-refractivity contribution in [3.8, 4) is 5.75 Å². The van der Waals surface area contributed by atoms with Crippen LogP contribution in [0, 0.1) is 0 Å². The third-order valence-electron chi connectivity index (χ3n) is 2.36. The van der Waals surface area contributed by atoms with Gasteiger partial charge in [-0.15, -0.1) is 0 Å². The van der Waals surface area contributed by atoms with Crippen LogP contribution in [0.3, 0.4) is 0 Å². The van der Waals surface area contributed by atoms with Crippen LogP contribution in [0.1, 0.15) is 25.0 Å². The number of halogens is 2. The molecule has 1 aliphatic heterocycles. The number of benzene rings is 1. The highest BCUT2D eigenvalue weighted by Gasteiger charge is 2.20. The number of ether oxygens (including phenoxy) is 1. The molecule has 3 heteroatoms. The van der Waals surface area contributed by atoms with E-state index in [1.165, 1.54) is 16.7 Å². The molecule has 2 rings (SSSR count). The fraction of sp³-hybridized carbons (Fsp3) is 0.333. The molecule has 1 aliphatic rings. The average molecular weight is 288 g/mol. The van der Waals surface area contributed by atoms with Gasteiger partial charge < -0.3 is 4.74 Å². The molecule has 1 aromatic rings. The Morgan fingerprint density at radius 3 is 2.93 bits per heavy atom. The van der Waals surface area contributed by atoms with Crippen LogP contribution in [0.15, 0.2) is 16.1 Å². The Hall–Kier alpha value is -0.470. The van der Waals surface area contributed by atoms with Gasteiger partial charge in [-0.05, 0) is 25.5 Å². The smallest absolute Gasteiger partial charge is 0.141 e. The maximum absolute atomic E-state index is 6.11. The van der Waals surface area contributed by atoms with Crippen molar-refractivity contribution >= 4 is 33.6 Å². The summed E-state index contributed by atoms with van der Waals surface area (Å²) in [5.41, 5.74) is 3.69. The van der Waals surface area contributed by atoms with Crippen molar-refractivity contribution in [2.24, 2.45) is 0 Å². The first kappa shape index (κ1) is 11.0. The summed E-state index contributed by atoms with van der Waals surface area (Å²) in [6, 6.07) is 1.90. The van der Waals surface area contributed by atoms with E-state index in [9.17, 15) is 0 Å². The highest BCUT2D eigenvalue weighted by atomic mass is 79.9. The van der Waals surface area contributed by atoms with Crippen molar-refractivity contribution in [3.63, 3.8) is 0 Å². The van der Waals surface area contributed by atoms with Gasteiger partial charge in [0.05, 0.1) is 11.6 Å². The topological polar surface area (TPSA) is 9.23 Å². The predicted octanol–water partition coefficient (Wildman–Crippen LogP) is 4.46. The zero-order valence-electron chi connectivity index (χ0n) is 8.73. The second kappa shape index (κ2) is 4.18. The second-order valence-corrected chi connectivity index (χ2v) is 5.14. The molecular weight excluding hydrogens is 275 g/mol. The first-order valence-electron chi connectivity index (χ1n) is 4.88. The zero-order chi connectivity index (χ0) is 11.0. The Morgan fingerprint density at radius 1 is 1.53 bits per heavy atom. The molecule has 0 radical (unpaired) electrons. The maximum atomic E-state index is 6.11. The fourth-order valence-electron chi connectivity index (χ4n) is 1.77. The van der Waals surface area contributed by atoms with Gasteiger partial charge in [-0.1, -0.05) is 39.2 Å². The molecule has 0 N–H and O–H groups in total. The first-order valence-corrected chi connectivity index (χ1v) is 6.05. The molecule has 0 saturated heterocycles. The highest BCUT2D eigenvalue weighted by molar-refractivity contribution is 9.10. The summed E-state index contributed by atoms with van der Waals surface area (Å²) in [5, 5.41) is 0.695. The Labute approximate surface area is 103 Å². The van der Waals surface area contributed by atoms with Gasteiger partial charge in [-0.25, -0.2) is 0 Å². The van der Waals surface area contributed by atoms with Crippen LogP contribution in [0.5, 0.6) is 5.75 Å². The van der Waals surface area contributed by atoms with Gasteiger partial charge >= 0.3 is 0 Å². The normalized spacial score (nSPS) is 13.3. The van der Waals surface area contributed by atoms with Crippen molar-refractivity contribution in [2.45, 2.75) is 20.3 Å². The molecule has 0 bridgehead atoms. The molecular formula is C12H12BrClO. The van der Waals surface area contributed by atoms with Crippen LogP contribution in [-0.2, 0) is 6.42 Å². The minimum absolute atomic E-state index is 0.695. The average Bonchev–Trinajstić information content (AvgIpc) is 2.60. The number of hydrogen-bond donors (Lipinski definition) is 0. The molecule has 80 valence electrons. The number of rotatable bonds is 1. The van der Waals surface area contributed by atoms with Crippen LogP contribution in [0.2, 0.25) is 5.02 Å². The Kier molecular flexibility index (Phi) is 3.08. The Bertz CT molecular complexity index is 434. The lowest BCUT2D eigenvalue weighted by atomic mass is 10.0. The van der Waals surface area contributed by atoms with E-state index >= 15 is 0 Å². The van der Waals surface area contributed by atoms with Gasteiger partial charge in [0.25, 0.3) is 0 Å². The monoisotopic (exact) mass is 286 g/mol. The van der Waals surface area contributed by atoms with Gasteiger partial charge in [0, 0.05) is 16.5 Å². The van der Waals surface area contributed by atoms with Gasteiger partial charge in [0.1, 0.15) is 5.75 Å². The van der Waals surface area contributed by atoms with Crippen molar-refractivity contribution in [2.75, 3.05) is 6.61 Å². The third kappa shape index (κ3) is 2.06. The van der Waals surface area contributed by atoms with Crippen LogP contribution in [0.4, 0.5) is 0 Å². The number of fused-ring (bicyclic) bond motifs is 1. The molecule has 15 heavy (non-hydrogen) atoms. The van der Waals surface area contributed by atoms with Gasteiger partial charge in [-0.2, -0.15) is 0 Å². The summed E-state index contributed by atoms with van der Waals surface area (Å²) in [7, 11) is 0. The maximum Gasteiger partial charge on any atom is 0.141 e. The summed E-state index contributed by atoms with van der Waals surface area (Å²) in [6.45, 7) is 4.90. The predicted molar refractivity (Wildman–Crippen MR) is 67.7 cm³/mol. The molecule has 1 heterocycles. The molecule has 0 unspecified atom stereocenters. The van der Waals surface area contributed by atoms with Crippen molar-refractivity contribution in [1.29, 1.82) is 0 Å². The van der Waals surface area contributed by atoms with E-state index in [1.807, 2.05) is 6.07 Å². The van der Waals surface area contributed by atoms with Gasteiger partial charge in [-0.3, -0.25) is 0 Å². The molecule has 0 saturated carbocycles. The molecule has 0 amide bonds. The van der Waals surface area contributed by atoms with Crippen LogP contribution in [-0.4, -0.2) is 6.61 Å². The number of hydrogen-bond acceptors (Lipinski definition) is 1. The SMILES string of the molecule is CC(C)=Cc1c(Br)cc(Cl)c2c1CCO2. The summed E-state index contributed by atoms with van der Waals surface area (Å²) in [4.78, 5) is 0. The lowest BCUT2D eigenvalue weighted by Gasteiger charge is -2.08. The molecule has 0 aromatic heterocycles. The van der Waals surface area contributed by atoms with E-state index in [0.29, 0.717) is 5.02 Å². The molecule has 1 aromatic carbocycles. The van der Waals surface area contributed by atoms with Crippen molar-refractivity contribution in [1.82, 2.24) is 0 Å². The summed E-state index contributed by atoms with van der Waals surface area (Å²) in [5.74, 6) is 0.854. The quantitative estimate of drug-likeness (QED) is 0.741. The molecule has 0 atom stereocenters. The second-order valence-electron chi connectivity index (χ2n) is 3.88. The largest absolute Gasteiger partial charge is 0.491 e. The summed E-state index contributed by atoms with van der Waals surface area (Å²) >= 11 is 9.65. The van der Waals surface area contributed by atoms with Crippen LogP contribution < -0.4 is 4.74 Å². The van der Waals surface area contributed by atoms with E-state index in [1.54, 1.807) is 0 Å². The summed E-state index contributed by atoms with van der Waals surface area (Å²) in [6.07, 6.45) is 3.10. The third-order valence-corrected chi connectivity index (χ3v) is 3.30. The van der Waals surface area contributed by atoms with E-state index in [0.717, 1.165) is 23.2 Å². The molecule has 0 aliphatic carbocycles. The highest BCUT2D eigenvalue weighted by Crippen LogP contribution is 2.40. The van der Waals surface area contributed by atoms with Gasteiger partial charge in [0.15, 0.2) is 0 Å². The minimum atomic E-state index is 0.695. The van der Waals surface area contributed by atoms with Crippen molar-refractivity contribution < 1.29 is 4.74 Å². The van der Waals surface area contributed by atoms with Crippen molar-refractivity contribution in [3.05, 3.63) is 32.3 Å². The number of allylic oxidation sites excluding steroid dienone is 1. The van der Waals surface area contributed by atoms with E-state index in [-0.39, 0.29) is 0 Å². The van der Waals surface area contributed by atoms with Crippen LogP contribution >= 0.6 is 27.5 Å². The molecule has 0 fully saturated rings. The lowest BCUT2D eigenvalue weighted by molar-refractivity contribution is 0.357. The van der Waals surface area contributed by atoms with E-state index in [4.69, 9.17) is 16.3 Å². The summed E-state index contributed by atoms with van der Waals surface area (Å²) < 4.78 is 6.56. The minimum Gasteiger partial charge on any atom is -0.491 e. The standard InChI is InChI=1S/C12H12BrClO/c1-7(2)5-9-8-3-4-15-12(8)11(14)6-10(9)13/h5-6H,3-4H2,1-2H3. The Balaban J connectivity index is 2.64.